The highest BCUT2D eigenvalue weighted by Crippen LogP contribution is 2.30. The van der Waals surface area contributed by atoms with Crippen molar-refractivity contribution in [3.63, 3.8) is 0 Å². The minimum atomic E-state index is -0.321. The van der Waals surface area contributed by atoms with Crippen LogP contribution in [0.3, 0.4) is 0 Å². The largest absolute Gasteiger partial charge is 0.508 e. The van der Waals surface area contributed by atoms with Crippen LogP contribution in [0.1, 0.15) is 18.4 Å². The first-order valence-electron chi connectivity index (χ1n) is 5.88. The fourth-order valence-electron chi connectivity index (χ4n) is 2.38. The van der Waals surface area contributed by atoms with Crippen LogP contribution < -0.4 is 5.32 Å². The Morgan fingerprint density at radius 1 is 1.41 bits per heavy atom. The molecular formula is C13H18FNO2. The number of hydrogen-bond donors (Lipinski definition) is 2. The molecule has 3 nitrogen and oxygen atoms in total. The number of methoxy groups -OCH3 is 1. The summed E-state index contributed by atoms with van der Waals surface area (Å²) in [5, 5.41) is 13.0. The molecule has 0 aliphatic carbocycles. The average molecular weight is 239 g/mol. The summed E-state index contributed by atoms with van der Waals surface area (Å²) >= 11 is 0. The SMILES string of the molecule is COC1(Cc2cc(F)ccc2O)CCNCC1. The molecular weight excluding hydrogens is 221 g/mol. The molecule has 2 rings (SSSR count). The van der Waals surface area contributed by atoms with Crippen molar-refractivity contribution in [2.75, 3.05) is 20.2 Å². The van der Waals surface area contributed by atoms with E-state index in [1.165, 1.54) is 18.2 Å². The summed E-state index contributed by atoms with van der Waals surface area (Å²) in [6, 6.07) is 4.05. The molecule has 0 bridgehead atoms. The molecule has 1 fully saturated rings. The summed E-state index contributed by atoms with van der Waals surface area (Å²) in [6.07, 6.45) is 2.30. The quantitative estimate of drug-likeness (QED) is 0.845. The van der Waals surface area contributed by atoms with Crippen LogP contribution in [0.5, 0.6) is 5.75 Å². The first-order valence-corrected chi connectivity index (χ1v) is 5.88. The van der Waals surface area contributed by atoms with Gasteiger partial charge < -0.3 is 15.2 Å². The number of rotatable bonds is 3. The fraction of sp³-hybridized carbons (Fsp3) is 0.538. The van der Waals surface area contributed by atoms with Crippen LogP contribution in [0, 0.1) is 5.82 Å². The predicted molar refractivity (Wildman–Crippen MR) is 63.6 cm³/mol. The van der Waals surface area contributed by atoms with E-state index in [0.717, 1.165) is 25.9 Å². The second kappa shape index (κ2) is 5.02. The Labute approximate surface area is 101 Å². The Morgan fingerprint density at radius 3 is 2.76 bits per heavy atom. The van der Waals surface area contributed by atoms with E-state index in [2.05, 4.69) is 5.32 Å². The first-order chi connectivity index (χ1) is 8.15. The minimum absolute atomic E-state index is 0.140. The lowest BCUT2D eigenvalue weighted by molar-refractivity contribution is -0.0337. The Balaban J connectivity index is 2.20. The van der Waals surface area contributed by atoms with Crippen molar-refractivity contribution in [1.82, 2.24) is 5.32 Å². The van der Waals surface area contributed by atoms with E-state index in [1.54, 1.807) is 7.11 Å². The zero-order chi connectivity index (χ0) is 12.3. The molecule has 1 aromatic carbocycles. The van der Waals surface area contributed by atoms with Gasteiger partial charge >= 0.3 is 0 Å². The number of hydrogen-bond acceptors (Lipinski definition) is 3. The van der Waals surface area contributed by atoms with Gasteiger partial charge in [-0.2, -0.15) is 0 Å². The van der Waals surface area contributed by atoms with Crippen molar-refractivity contribution in [1.29, 1.82) is 0 Å². The number of benzene rings is 1. The van der Waals surface area contributed by atoms with Gasteiger partial charge in [0.1, 0.15) is 11.6 Å². The maximum Gasteiger partial charge on any atom is 0.123 e. The van der Waals surface area contributed by atoms with E-state index in [-0.39, 0.29) is 17.2 Å². The van der Waals surface area contributed by atoms with Crippen LogP contribution in [-0.4, -0.2) is 30.9 Å². The molecule has 2 N–H and O–H groups in total. The monoisotopic (exact) mass is 239 g/mol. The highest BCUT2D eigenvalue weighted by Gasteiger charge is 2.32. The topological polar surface area (TPSA) is 41.5 Å². The summed E-state index contributed by atoms with van der Waals surface area (Å²) in [5.41, 5.74) is 0.338. The van der Waals surface area contributed by atoms with Gasteiger partial charge in [-0.15, -0.1) is 0 Å². The van der Waals surface area contributed by atoms with Gasteiger partial charge in [0, 0.05) is 13.5 Å². The van der Waals surface area contributed by atoms with Gasteiger partial charge in [0.15, 0.2) is 0 Å². The van der Waals surface area contributed by atoms with Crippen molar-refractivity contribution in [3.05, 3.63) is 29.6 Å². The van der Waals surface area contributed by atoms with Crippen LogP contribution in [0.4, 0.5) is 4.39 Å². The Hall–Kier alpha value is -1.13. The van der Waals surface area contributed by atoms with Gasteiger partial charge in [-0.1, -0.05) is 0 Å². The summed E-state index contributed by atoms with van der Waals surface area (Å²) in [6.45, 7) is 1.79. The molecule has 0 radical (unpaired) electrons. The van der Waals surface area contributed by atoms with Gasteiger partial charge in [0.25, 0.3) is 0 Å². The Kier molecular flexibility index (Phi) is 3.64. The molecule has 0 saturated carbocycles. The molecule has 1 aliphatic heterocycles. The molecule has 0 unspecified atom stereocenters. The van der Waals surface area contributed by atoms with E-state index in [1.807, 2.05) is 0 Å². The van der Waals surface area contributed by atoms with E-state index in [4.69, 9.17) is 4.74 Å². The molecule has 0 aromatic heterocycles. The maximum absolute atomic E-state index is 13.2. The number of phenolic OH excluding ortho intramolecular Hbond substituents is 1. The van der Waals surface area contributed by atoms with Gasteiger partial charge in [0.05, 0.1) is 5.60 Å². The molecule has 1 aliphatic rings. The van der Waals surface area contributed by atoms with Crippen molar-refractivity contribution in [3.8, 4) is 5.75 Å². The van der Waals surface area contributed by atoms with Crippen LogP contribution in [0.15, 0.2) is 18.2 Å². The maximum atomic E-state index is 13.2. The van der Waals surface area contributed by atoms with Crippen molar-refractivity contribution in [2.45, 2.75) is 24.9 Å². The highest BCUT2D eigenvalue weighted by atomic mass is 19.1. The number of halogens is 1. The second-order valence-electron chi connectivity index (χ2n) is 4.59. The molecule has 1 saturated heterocycles. The smallest absolute Gasteiger partial charge is 0.123 e. The summed E-state index contributed by atoms with van der Waals surface area (Å²) in [4.78, 5) is 0. The van der Waals surface area contributed by atoms with E-state index in [9.17, 15) is 9.50 Å². The number of aromatic hydroxyl groups is 1. The highest BCUT2D eigenvalue weighted by molar-refractivity contribution is 5.34. The minimum Gasteiger partial charge on any atom is -0.508 e. The molecule has 94 valence electrons. The van der Waals surface area contributed by atoms with E-state index in [0.29, 0.717) is 12.0 Å². The van der Waals surface area contributed by atoms with Crippen LogP contribution in [0.25, 0.3) is 0 Å². The van der Waals surface area contributed by atoms with Gasteiger partial charge in [0.2, 0.25) is 0 Å². The number of phenols is 1. The molecule has 1 heterocycles. The summed E-state index contributed by atoms with van der Waals surface area (Å²) < 4.78 is 18.8. The third-order valence-electron chi connectivity index (χ3n) is 3.50. The van der Waals surface area contributed by atoms with Crippen molar-refractivity contribution in [2.24, 2.45) is 0 Å². The predicted octanol–water partition coefficient (Wildman–Crippen LogP) is 1.84. The Bertz CT molecular complexity index is 389. The first kappa shape index (κ1) is 12.3. The van der Waals surface area contributed by atoms with Gasteiger partial charge in [-0.25, -0.2) is 4.39 Å². The van der Waals surface area contributed by atoms with E-state index >= 15 is 0 Å². The van der Waals surface area contributed by atoms with Crippen LogP contribution >= 0.6 is 0 Å². The fourth-order valence-corrected chi connectivity index (χ4v) is 2.38. The van der Waals surface area contributed by atoms with Crippen LogP contribution in [0.2, 0.25) is 0 Å². The number of piperidine rings is 1. The molecule has 4 heteroatoms. The third-order valence-corrected chi connectivity index (χ3v) is 3.50. The Morgan fingerprint density at radius 2 is 2.12 bits per heavy atom. The van der Waals surface area contributed by atoms with Gasteiger partial charge in [-0.3, -0.25) is 0 Å². The molecule has 17 heavy (non-hydrogen) atoms. The molecule has 0 amide bonds. The second-order valence-corrected chi connectivity index (χ2v) is 4.59. The van der Waals surface area contributed by atoms with Crippen molar-refractivity contribution < 1.29 is 14.2 Å². The van der Waals surface area contributed by atoms with E-state index < -0.39 is 0 Å². The lowest BCUT2D eigenvalue weighted by atomic mass is 9.85. The number of nitrogens with one attached hydrogen (secondary N) is 1. The lowest BCUT2D eigenvalue weighted by Crippen LogP contribution is -2.45. The van der Waals surface area contributed by atoms with Crippen LogP contribution in [-0.2, 0) is 11.2 Å². The zero-order valence-electron chi connectivity index (χ0n) is 10.0. The lowest BCUT2D eigenvalue weighted by Gasteiger charge is -2.36. The molecule has 1 aromatic rings. The summed E-state index contributed by atoms with van der Waals surface area (Å²) in [7, 11) is 1.68. The van der Waals surface area contributed by atoms with Gasteiger partial charge in [-0.05, 0) is 49.7 Å². The normalized spacial score (nSPS) is 19.2. The average Bonchev–Trinajstić information content (AvgIpc) is 2.35. The zero-order valence-corrected chi connectivity index (χ0v) is 10.0. The number of ether oxygens (including phenoxy) is 1. The summed E-state index contributed by atoms with van der Waals surface area (Å²) in [5.74, 6) is -0.181. The standard InChI is InChI=1S/C13H18FNO2/c1-17-13(4-6-15-7-5-13)9-10-8-11(14)2-3-12(10)16/h2-3,8,15-16H,4-7,9H2,1H3. The molecule has 0 atom stereocenters. The molecule has 0 spiro atoms. The third kappa shape index (κ3) is 2.76. The van der Waals surface area contributed by atoms with Crippen molar-refractivity contribution >= 4 is 0 Å².